The van der Waals surface area contributed by atoms with Crippen LogP contribution in [0.15, 0.2) is 108 Å². The van der Waals surface area contributed by atoms with Gasteiger partial charge in [-0.3, -0.25) is 0 Å². The van der Waals surface area contributed by atoms with Crippen molar-refractivity contribution < 1.29 is 19.1 Å². The fourth-order valence-electron chi connectivity index (χ4n) is 4.87. The SMILES string of the molecule is CCC[C@@H](/C=C/C(=O)OC(c1ccccc1)c1ccccc1)[C@@]1(Cc2ccccc2)N=C(C(C)(C)C)OC1=O. The number of hydrogen-bond acceptors (Lipinski definition) is 5. The second kappa shape index (κ2) is 12.2. The number of aliphatic imine (C=N–C) groups is 1. The number of nitrogens with zero attached hydrogens (tertiary/aromatic N) is 1. The number of hydrogen-bond donors (Lipinski definition) is 0. The molecule has 0 radical (unpaired) electrons. The van der Waals surface area contributed by atoms with Crippen molar-refractivity contribution in [1.29, 1.82) is 0 Å². The highest BCUT2D eigenvalue weighted by molar-refractivity contribution is 6.02. The summed E-state index contributed by atoms with van der Waals surface area (Å²) in [5, 5.41) is 0. The molecule has 4 rings (SSSR count). The van der Waals surface area contributed by atoms with Gasteiger partial charge in [0.1, 0.15) is 0 Å². The molecule has 2 atom stereocenters. The van der Waals surface area contributed by atoms with Gasteiger partial charge in [0.2, 0.25) is 0 Å². The summed E-state index contributed by atoms with van der Waals surface area (Å²) in [5.74, 6) is -0.780. The lowest BCUT2D eigenvalue weighted by atomic mass is 9.77. The van der Waals surface area contributed by atoms with Crippen molar-refractivity contribution in [3.8, 4) is 0 Å². The lowest BCUT2D eigenvalue weighted by molar-refractivity contribution is -0.142. The first-order valence-corrected chi connectivity index (χ1v) is 13.6. The Morgan fingerprint density at radius 3 is 1.95 bits per heavy atom. The first-order chi connectivity index (χ1) is 18.7. The number of carbonyl (C=O) groups is 2. The van der Waals surface area contributed by atoms with Crippen LogP contribution in [0, 0.1) is 11.3 Å². The summed E-state index contributed by atoms with van der Waals surface area (Å²) < 4.78 is 11.8. The van der Waals surface area contributed by atoms with Crippen LogP contribution >= 0.6 is 0 Å². The molecule has 1 heterocycles. The molecule has 0 unspecified atom stereocenters. The zero-order valence-electron chi connectivity index (χ0n) is 23.2. The van der Waals surface area contributed by atoms with Crippen molar-refractivity contribution in [2.24, 2.45) is 16.3 Å². The third kappa shape index (κ3) is 6.72. The van der Waals surface area contributed by atoms with E-state index in [2.05, 4.69) is 6.92 Å². The molecule has 5 nitrogen and oxygen atoms in total. The summed E-state index contributed by atoms with van der Waals surface area (Å²) in [6.07, 6.45) is 4.54. The Balaban J connectivity index is 1.66. The Kier molecular flexibility index (Phi) is 8.80. The zero-order chi connectivity index (χ0) is 27.9. The average molecular weight is 524 g/mol. The van der Waals surface area contributed by atoms with Crippen LogP contribution in [-0.4, -0.2) is 23.4 Å². The van der Waals surface area contributed by atoms with Gasteiger partial charge in [-0.05, 0) is 23.1 Å². The fourth-order valence-corrected chi connectivity index (χ4v) is 4.87. The summed E-state index contributed by atoms with van der Waals surface area (Å²) in [6.45, 7) is 8.00. The number of rotatable bonds is 10. The van der Waals surface area contributed by atoms with Crippen LogP contribution in [0.4, 0.5) is 0 Å². The van der Waals surface area contributed by atoms with Gasteiger partial charge in [0, 0.05) is 23.8 Å². The van der Waals surface area contributed by atoms with Gasteiger partial charge in [-0.15, -0.1) is 0 Å². The van der Waals surface area contributed by atoms with E-state index in [4.69, 9.17) is 14.5 Å². The molecule has 1 aliphatic heterocycles. The number of esters is 2. The quantitative estimate of drug-likeness (QED) is 0.207. The summed E-state index contributed by atoms with van der Waals surface area (Å²) in [4.78, 5) is 31.8. The minimum atomic E-state index is -1.16. The number of ether oxygens (including phenoxy) is 2. The Bertz CT molecular complexity index is 1270. The van der Waals surface area contributed by atoms with E-state index in [9.17, 15) is 9.59 Å². The largest absolute Gasteiger partial charge is 0.449 e. The van der Waals surface area contributed by atoms with Gasteiger partial charge < -0.3 is 9.47 Å². The molecule has 0 aliphatic carbocycles. The van der Waals surface area contributed by atoms with Crippen molar-refractivity contribution in [3.63, 3.8) is 0 Å². The Labute approximate surface area is 231 Å². The van der Waals surface area contributed by atoms with Crippen LogP contribution in [0.1, 0.15) is 63.3 Å². The van der Waals surface area contributed by atoms with Crippen LogP contribution in [0.3, 0.4) is 0 Å². The fraction of sp³-hybridized carbons (Fsp3) is 0.324. The van der Waals surface area contributed by atoms with Gasteiger partial charge in [-0.2, -0.15) is 0 Å². The molecule has 1 aliphatic rings. The van der Waals surface area contributed by atoms with E-state index in [0.29, 0.717) is 18.7 Å². The smallest absolute Gasteiger partial charge is 0.341 e. The Morgan fingerprint density at radius 2 is 1.46 bits per heavy atom. The van der Waals surface area contributed by atoms with Crippen molar-refractivity contribution >= 4 is 17.8 Å². The van der Waals surface area contributed by atoms with Gasteiger partial charge in [-0.25, -0.2) is 14.6 Å². The minimum absolute atomic E-state index is 0.352. The maximum absolute atomic E-state index is 13.6. The van der Waals surface area contributed by atoms with E-state index in [-0.39, 0.29) is 11.9 Å². The zero-order valence-corrected chi connectivity index (χ0v) is 23.2. The minimum Gasteiger partial charge on any atom is -0.449 e. The third-order valence-electron chi connectivity index (χ3n) is 6.92. The lowest BCUT2D eigenvalue weighted by Crippen LogP contribution is -2.43. The van der Waals surface area contributed by atoms with E-state index >= 15 is 0 Å². The molecule has 5 heteroatoms. The second-order valence-corrected chi connectivity index (χ2v) is 11.0. The average Bonchev–Trinajstić information content (AvgIpc) is 3.28. The lowest BCUT2D eigenvalue weighted by Gasteiger charge is -2.30. The number of carbonyl (C=O) groups excluding carboxylic acids is 2. The molecule has 202 valence electrons. The molecule has 0 N–H and O–H groups in total. The van der Waals surface area contributed by atoms with Crippen LogP contribution in [0.25, 0.3) is 0 Å². The highest BCUT2D eigenvalue weighted by atomic mass is 16.6. The number of benzene rings is 3. The molecule has 0 saturated heterocycles. The normalized spacial score (nSPS) is 18.2. The van der Waals surface area contributed by atoms with Gasteiger partial charge in [0.15, 0.2) is 17.5 Å². The van der Waals surface area contributed by atoms with Crippen LogP contribution < -0.4 is 0 Å². The van der Waals surface area contributed by atoms with E-state index in [1.54, 1.807) is 6.08 Å². The molecule has 39 heavy (non-hydrogen) atoms. The maximum Gasteiger partial charge on any atom is 0.341 e. The van der Waals surface area contributed by atoms with E-state index < -0.39 is 23.0 Å². The van der Waals surface area contributed by atoms with Crippen molar-refractivity contribution in [1.82, 2.24) is 0 Å². The van der Waals surface area contributed by atoms with Crippen molar-refractivity contribution in [2.75, 3.05) is 0 Å². The third-order valence-corrected chi connectivity index (χ3v) is 6.92. The summed E-state index contributed by atoms with van der Waals surface area (Å²) in [7, 11) is 0. The van der Waals surface area contributed by atoms with E-state index in [1.165, 1.54) is 6.08 Å². The van der Waals surface area contributed by atoms with Gasteiger partial charge in [0.05, 0.1) is 0 Å². The topological polar surface area (TPSA) is 65.0 Å². The number of cyclic esters (lactones) is 1. The molecule has 3 aromatic rings. The van der Waals surface area contributed by atoms with Gasteiger partial charge in [-0.1, -0.05) is 131 Å². The van der Waals surface area contributed by atoms with Crippen molar-refractivity contribution in [2.45, 2.75) is 58.6 Å². The predicted molar refractivity (Wildman–Crippen MR) is 154 cm³/mol. The van der Waals surface area contributed by atoms with Crippen LogP contribution in [-0.2, 0) is 25.5 Å². The predicted octanol–water partition coefficient (Wildman–Crippen LogP) is 7.27. The highest BCUT2D eigenvalue weighted by Crippen LogP contribution is 2.39. The highest BCUT2D eigenvalue weighted by Gasteiger charge is 2.52. The van der Waals surface area contributed by atoms with Gasteiger partial charge in [0.25, 0.3) is 0 Å². The standard InChI is InChI=1S/C34H37NO4/c1-5-15-28(34(24-25-16-9-6-10-17-25)32(37)39-31(35-34)33(2,3)4)22-23-29(36)38-30(26-18-11-7-12-19-26)27-20-13-8-14-21-27/h6-14,16-23,28,30H,5,15,24H2,1-4H3/b23-22+/t28-,34+/m0/s1. The molecule has 0 bridgehead atoms. The maximum atomic E-state index is 13.6. The Morgan fingerprint density at radius 1 is 0.923 bits per heavy atom. The molecule has 0 fully saturated rings. The molecule has 0 spiro atoms. The van der Waals surface area contributed by atoms with Crippen LogP contribution in [0.2, 0.25) is 0 Å². The molecular weight excluding hydrogens is 486 g/mol. The summed E-state index contributed by atoms with van der Waals surface area (Å²) in [6, 6.07) is 29.2. The molecule has 0 amide bonds. The summed E-state index contributed by atoms with van der Waals surface area (Å²) >= 11 is 0. The van der Waals surface area contributed by atoms with E-state index in [1.807, 2.05) is 112 Å². The van der Waals surface area contributed by atoms with E-state index in [0.717, 1.165) is 23.1 Å². The second-order valence-electron chi connectivity index (χ2n) is 11.0. The summed E-state index contributed by atoms with van der Waals surface area (Å²) in [5.41, 5.74) is 1.17. The molecule has 3 aromatic carbocycles. The first kappa shape index (κ1) is 28.0. The molecule has 0 aromatic heterocycles. The first-order valence-electron chi connectivity index (χ1n) is 13.6. The monoisotopic (exact) mass is 523 g/mol. The molecule has 0 saturated carbocycles. The van der Waals surface area contributed by atoms with Gasteiger partial charge >= 0.3 is 11.9 Å². The molecular formula is C34H37NO4. The van der Waals surface area contributed by atoms with Crippen molar-refractivity contribution in [3.05, 3.63) is 120 Å². The van der Waals surface area contributed by atoms with Crippen LogP contribution in [0.5, 0.6) is 0 Å². The Hall–Kier alpha value is -3.99.